The fourth-order valence-corrected chi connectivity index (χ4v) is 3.59. The van der Waals surface area contributed by atoms with E-state index >= 15 is 0 Å². The summed E-state index contributed by atoms with van der Waals surface area (Å²) in [6, 6.07) is 11.0. The molecule has 0 bridgehead atoms. The van der Waals surface area contributed by atoms with E-state index in [-0.39, 0.29) is 5.91 Å². The number of rotatable bonds is 4. The third-order valence-corrected chi connectivity index (χ3v) is 5.61. The monoisotopic (exact) mass is 409 g/mol. The van der Waals surface area contributed by atoms with Gasteiger partial charge in [0.05, 0.1) is 0 Å². The maximum Gasteiger partial charge on any atom is 0.253 e. The largest absolute Gasteiger partial charge is 0.353 e. The molecular formula is C21H20ClN5O2. The molecule has 0 atom stereocenters. The van der Waals surface area contributed by atoms with Crippen LogP contribution in [-0.4, -0.2) is 52.1 Å². The number of aromatic nitrogens is 3. The molecule has 1 saturated heterocycles. The molecule has 5 rings (SSSR count). The highest BCUT2D eigenvalue weighted by Gasteiger charge is 2.30. The molecule has 29 heavy (non-hydrogen) atoms. The van der Waals surface area contributed by atoms with Crippen LogP contribution < -0.4 is 4.90 Å². The van der Waals surface area contributed by atoms with Gasteiger partial charge in [-0.2, -0.15) is 4.98 Å². The Labute approximate surface area is 173 Å². The molecule has 2 fully saturated rings. The van der Waals surface area contributed by atoms with Gasteiger partial charge in [-0.1, -0.05) is 16.8 Å². The summed E-state index contributed by atoms with van der Waals surface area (Å²) in [6.07, 6.45) is 4.04. The van der Waals surface area contributed by atoms with Crippen molar-refractivity contribution >= 4 is 23.3 Å². The molecule has 0 unspecified atom stereocenters. The van der Waals surface area contributed by atoms with E-state index in [9.17, 15) is 4.79 Å². The van der Waals surface area contributed by atoms with Gasteiger partial charge in [0, 0.05) is 54.4 Å². The Hall–Kier alpha value is -2.93. The van der Waals surface area contributed by atoms with E-state index in [1.165, 1.54) is 0 Å². The van der Waals surface area contributed by atoms with Crippen LogP contribution in [0.25, 0.3) is 11.4 Å². The van der Waals surface area contributed by atoms with Gasteiger partial charge in [-0.3, -0.25) is 4.79 Å². The van der Waals surface area contributed by atoms with Crippen LogP contribution in [0.2, 0.25) is 5.02 Å². The third kappa shape index (κ3) is 3.82. The zero-order valence-electron chi connectivity index (χ0n) is 15.8. The minimum absolute atomic E-state index is 0.0354. The molecule has 8 heteroatoms. The first kappa shape index (κ1) is 18.1. The van der Waals surface area contributed by atoms with E-state index in [1.807, 2.05) is 17.0 Å². The SMILES string of the molecule is O=C(c1ccc(Cl)cc1)N1CCN(c2ccc(-c3noc(C4CC4)n3)cn2)CC1. The van der Waals surface area contributed by atoms with Crippen molar-refractivity contribution in [2.75, 3.05) is 31.1 Å². The Bertz CT molecular complexity index is 1010. The van der Waals surface area contributed by atoms with E-state index in [1.54, 1.807) is 30.5 Å². The Morgan fingerprint density at radius 2 is 1.79 bits per heavy atom. The molecule has 0 spiro atoms. The molecule has 0 radical (unpaired) electrons. The van der Waals surface area contributed by atoms with Crippen LogP contribution in [0.15, 0.2) is 47.1 Å². The summed E-state index contributed by atoms with van der Waals surface area (Å²) in [6.45, 7) is 2.78. The second kappa shape index (κ2) is 7.48. The van der Waals surface area contributed by atoms with E-state index < -0.39 is 0 Å². The maximum atomic E-state index is 12.6. The van der Waals surface area contributed by atoms with Crippen LogP contribution in [-0.2, 0) is 0 Å². The van der Waals surface area contributed by atoms with Crippen molar-refractivity contribution in [2.45, 2.75) is 18.8 Å². The molecule has 1 aliphatic carbocycles. The fourth-order valence-electron chi connectivity index (χ4n) is 3.47. The standard InChI is InChI=1S/C21H20ClN5O2/c22-17-6-3-15(4-7-17)21(28)27-11-9-26(10-12-27)18-8-5-16(13-23-18)19-24-20(29-25-19)14-1-2-14/h3-8,13-14H,1-2,9-12H2. The van der Waals surface area contributed by atoms with Gasteiger partial charge < -0.3 is 14.3 Å². The van der Waals surface area contributed by atoms with E-state index in [0.717, 1.165) is 43.2 Å². The summed E-state index contributed by atoms with van der Waals surface area (Å²) in [5, 5.41) is 4.69. The van der Waals surface area contributed by atoms with Gasteiger partial charge in [0.25, 0.3) is 5.91 Å². The molecule has 1 aromatic carbocycles. The molecular weight excluding hydrogens is 390 g/mol. The highest BCUT2D eigenvalue weighted by Crippen LogP contribution is 2.39. The number of piperazine rings is 1. The van der Waals surface area contributed by atoms with Gasteiger partial charge in [0.15, 0.2) is 0 Å². The Kier molecular flexibility index (Phi) is 4.67. The molecule has 0 N–H and O–H groups in total. The second-order valence-corrected chi connectivity index (χ2v) is 7.86. The summed E-state index contributed by atoms with van der Waals surface area (Å²) in [5.41, 5.74) is 1.51. The van der Waals surface area contributed by atoms with Crippen LogP contribution in [0.3, 0.4) is 0 Å². The van der Waals surface area contributed by atoms with Crippen LogP contribution in [0.5, 0.6) is 0 Å². The molecule has 2 aliphatic rings. The highest BCUT2D eigenvalue weighted by atomic mass is 35.5. The lowest BCUT2D eigenvalue weighted by molar-refractivity contribution is 0.0746. The van der Waals surface area contributed by atoms with Crippen molar-refractivity contribution in [2.24, 2.45) is 0 Å². The number of benzene rings is 1. The van der Waals surface area contributed by atoms with Crippen molar-refractivity contribution < 1.29 is 9.32 Å². The van der Waals surface area contributed by atoms with Crippen LogP contribution >= 0.6 is 11.6 Å². The number of nitrogens with zero attached hydrogens (tertiary/aromatic N) is 5. The average Bonchev–Trinajstić information content (AvgIpc) is 3.51. The predicted molar refractivity (Wildman–Crippen MR) is 109 cm³/mol. The molecule has 1 amide bonds. The van der Waals surface area contributed by atoms with E-state index in [4.69, 9.17) is 16.1 Å². The fraction of sp³-hybridized carbons (Fsp3) is 0.333. The van der Waals surface area contributed by atoms with Crippen molar-refractivity contribution in [1.29, 1.82) is 0 Å². The first-order valence-corrected chi connectivity index (χ1v) is 10.1. The van der Waals surface area contributed by atoms with Crippen LogP contribution in [0.1, 0.15) is 35.0 Å². The van der Waals surface area contributed by atoms with Crippen molar-refractivity contribution in [3.8, 4) is 11.4 Å². The van der Waals surface area contributed by atoms with Crippen LogP contribution in [0.4, 0.5) is 5.82 Å². The van der Waals surface area contributed by atoms with Gasteiger partial charge in [-0.25, -0.2) is 4.98 Å². The van der Waals surface area contributed by atoms with Gasteiger partial charge in [-0.15, -0.1) is 0 Å². The van der Waals surface area contributed by atoms with E-state index in [2.05, 4.69) is 20.0 Å². The summed E-state index contributed by atoms with van der Waals surface area (Å²) in [7, 11) is 0. The third-order valence-electron chi connectivity index (χ3n) is 5.36. The number of carbonyl (C=O) groups excluding carboxylic acids is 1. The first-order chi connectivity index (χ1) is 14.2. The Morgan fingerprint density at radius 1 is 1.03 bits per heavy atom. The normalized spacial score (nSPS) is 16.9. The Balaban J connectivity index is 1.21. The summed E-state index contributed by atoms with van der Waals surface area (Å²) in [5.74, 6) is 2.68. The van der Waals surface area contributed by atoms with Gasteiger partial charge >= 0.3 is 0 Å². The number of pyridine rings is 1. The van der Waals surface area contributed by atoms with Gasteiger partial charge in [0.2, 0.25) is 11.7 Å². The molecule has 1 saturated carbocycles. The molecule has 148 valence electrons. The number of hydrogen-bond donors (Lipinski definition) is 0. The number of anilines is 1. The van der Waals surface area contributed by atoms with Gasteiger partial charge in [-0.05, 0) is 49.2 Å². The summed E-state index contributed by atoms with van der Waals surface area (Å²) in [4.78, 5) is 25.7. The zero-order chi connectivity index (χ0) is 19.8. The van der Waals surface area contributed by atoms with Crippen molar-refractivity contribution in [3.05, 3.63) is 59.1 Å². The second-order valence-electron chi connectivity index (χ2n) is 7.42. The van der Waals surface area contributed by atoms with E-state index in [0.29, 0.717) is 35.4 Å². The quantitative estimate of drug-likeness (QED) is 0.655. The molecule has 3 heterocycles. The molecule has 7 nitrogen and oxygen atoms in total. The number of halogens is 1. The molecule has 2 aromatic heterocycles. The molecule has 3 aromatic rings. The minimum Gasteiger partial charge on any atom is -0.353 e. The lowest BCUT2D eigenvalue weighted by atomic mass is 10.2. The zero-order valence-corrected chi connectivity index (χ0v) is 16.5. The van der Waals surface area contributed by atoms with Crippen molar-refractivity contribution in [3.63, 3.8) is 0 Å². The number of carbonyl (C=O) groups is 1. The number of amides is 1. The highest BCUT2D eigenvalue weighted by molar-refractivity contribution is 6.30. The minimum atomic E-state index is 0.0354. The molecule has 1 aliphatic heterocycles. The Morgan fingerprint density at radius 3 is 2.45 bits per heavy atom. The first-order valence-electron chi connectivity index (χ1n) is 9.77. The average molecular weight is 410 g/mol. The smallest absolute Gasteiger partial charge is 0.253 e. The predicted octanol–water partition coefficient (Wildman–Crippen LogP) is 3.62. The summed E-state index contributed by atoms with van der Waals surface area (Å²) >= 11 is 5.91. The lowest BCUT2D eigenvalue weighted by Crippen LogP contribution is -2.49. The topological polar surface area (TPSA) is 75.4 Å². The number of hydrogen-bond acceptors (Lipinski definition) is 6. The van der Waals surface area contributed by atoms with Gasteiger partial charge in [0.1, 0.15) is 5.82 Å². The van der Waals surface area contributed by atoms with Crippen molar-refractivity contribution in [1.82, 2.24) is 20.0 Å². The summed E-state index contributed by atoms with van der Waals surface area (Å²) < 4.78 is 5.32. The van der Waals surface area contributed by atoms with Crippen LogP contribution in [0, 0.1) is 0 Å². The maximum absolute atomic E-state index is 12.6. The lowest BCUT2D eigenvalue weighted by Gasteiger charge is -2.35.